The van der Waals surface area contributed by atoms with Crippen molar-refractivity contribution in [3.63, 3.8) is 0 Å². The highest BCUT2D eigenvalue weighted by Gasteiger charge is 2.08. The first-order valence-corrected chi connectivity index (χ1v) is 5.38. The third-order valence-electron chi connectivity index (χ3n) is 3.01. The summed E-state index contributed by atoms with van der Waals surface area (Å²) >= 11 is 0. The summed E-state index contributed by atoms with van der Waals surface area (Å²) in [6.07, 6.45) is 7.22. The van der Waals surface area contributed by atoms with Gasteiger partial charge in [0.15, 0.2) is 0 Å². The monoisotopic (exact) mass is 220 g/mol. The first-order valence-electron chi connectivity index (χ1n) is 5.38. The van der Waals surface area contributed by atoms with Crippen LogP contribution >= 0.6 is 0 Å². The van der Waals surface area contributed by atoms with E-state index in [0.29, 0.717) is 0 Å². The summed E-state index contributed by atoms with van der Waals surface area (Å²) in [6.45, 7) is 0. The smallest absolute Gasteiger partial charge is 0.148 e. The third kappa shape index (κ3) is 1.04. The maximum atomic E-state index is 4.46. The molecule has 0 aliphatic rings. The number of fused-ring (bicyclic) bond motifs is 6. The van der Waals surface area contributed by atoms with Gasteiger partial charge in [-0.05, 0) is 18.2 Å². The van der Waals surface area contributed by atoms with Crippen LogP contribution in [0.3, 0.4) is 0 Å². The molecular weight excluding hydrogens is 212 g/mol. The fraction of sp³-hybridized carbons (Fsp3) is 0. The summed E-state index contributed by atoms with van der Waals surface area (Å²) < 4.78 is 2.05. The van der Waals surface area contributed by atoms with E-state index in [1.54, 1.807) is 6.33 Å². The van der Waals surface area contributed by atoms with Crippen LogP contribution in [-0.2, 0) is 0 Å². The Morgan fingerprint density at radius 2 is 2.00 bits per heavy atom. The lowest BCUT2D eigenvalue weighted by molar-refractivity contribution is 1.14. The molecule has 4 nitrogen and oxygen atoms in total. The third-order valence-corrected chi connectivity index (χ3v) is 3.01. The van der Waals surface area contributed by atoms with Gasteiger partial charge in [0, 0.05) is 29.4 Å². The molecular formula is C13H8N4. The van der Waals surface area contributed by atoms with Crippen molar-refractivity contribution in [3.05, 3.63) is 49.2 Å². The molecule has 0 aliphatic carbocycles. The lowest BCUT2D eigenvalue weighted by Crippen LogP contribution is -1.93. The summed E-state index contributed by atoms with van der Waals surface area (Å²) in [5.74, 6) is 0. The van der Waals surface area contributed by atoms with E-state index in [9.17, 15) is 0 Å². The molecule has 4 heterocycles. The zero-order valence-electron chi connectivity index (χ0n) is 8.91. The van der Waals surface area contributed by atoms with E-state index in [2.05, 4.69) is 27.1 Å². The van der Waals surface area contributed by atoms with Gasteiger partial charge in [0.25, 0.3) is 0 Å². The van der Waals surface area contributed by atoms with Crippen LogP contribution in [0.4, 0.5) is 0 Å². The molecule has 0 aromatic carbocycles. The van der Waals surface area contributed by atoms with Gasteiger partial charge in [-0.2, -0.15) is 0 Å². The Morgan fingerprint density at radius 1 is 1.00 bits per heavy atom. The summed E-state index contributed by atoms with van der Waals surface area (Å²) in [6, 6.07) is 8.05. The van der Waals surface area contributed by atoms with E-state index < -0.39 is 0 Å². The second-order valence-corrected chi connectivity index (χ2v) is 3.92. The maximum absolute atomic E-state index is 4.46. The number of hydrogen-bond donors (Lipinski definition) is 0. The molecule has 0 fully saturated rings. The lowest BCUT2D eigenvalue weighted by Gasteiger charge is -2.06. The molecule has 0 N–H and O–H groups in total. The Hall–Kier alpha value is -2.49. The van der Waals surface area contributed by atoms with Gasteiger partial charge in [-0.15, -0.1) is 0 Å². The maximum Gasteiger partial charge on any atom is 0.148 e. The minimum atomic E-state index is 0.917. The van der Waals surface area contributed by atoms with Crippen LogP contribution < -0.4 is 0 Å². The molecule has 0 atom stereocenters. The molecule has 4 aromatic rings. The summed E-state index contributed by atoms with van der Waals surface area (Å²) in [5.41, 5.74) is 2.98. The van der Waals surface area contributed by atoms with Gasteiger partial charge in [-0.1, -0.05) is 6.07 Å². The fourth-order valence-electron chi connectivity index (χ4n) is 2.29. The first kappa shape index (κ1) is 8.64. The normalized spacial score (nSPS) is 11.5. The van der Waals surface area contributed by atoms with Crippen LogP contribution in [0, 0.1) is 0 Å². The highest BCUT2D eigenvalue weighted by molar-refractivity contribution is 6.09. The molecule has 0 unspecified atom stereocenters. The number of hydrogen-bond acceptors (Lipinski definition) is 3. The lowest BCUT2D eigenvalue weighted by atomic mass is 10.1. The highest BCUT2D eigenvalue weighted by Crippen LogP contribution is 2.26. The Labute approximate surface area is 96.6 Å². The highest BCUT2D eigenvalue weighted by atomic mass is 15.0. The zero-order valence-corrected chi connectivity index (χ0v) is 8.91. The fourth-order valence-corrected chi connectivity index (χ4v) is 2.29. The van der Waals surface area contributed by atoms with E-state index in [1.807, 2.05) is 35.1 Å². The van der Waals surface area contributed by atoms with Gasteiger partial charge in [0.1, 0.15) is 12.0 Å². The van der Waals surface area contributed by atoms with Crippen molar-refractivity contribution in [2.75, 3.05) is 0 Å². The van der Waals surface area contributed by atoms with E-state index in [4.69, 9.17) is 0 Å². The number of pyridine rings is 2. The second kappa shape index (κ2) is 3.01. The molecule has 4 heteroatoms. The largest absolute Gasteiger partial charge is 0.299 e. The molecule has 0 saturated carbocycles. The van der Waals surface area contributed by atoms with E-state index in [1.165, 1.54) is 0 Å². The topological polar surface area (TPSA) is 43.1 Å². The zero-order chi connectivity index (χ0) is 11.2. The average Bonchev–Trinajstić information content (AvgIpc) is 2.89. The minimum Gasteiger partial charge on any atom is -0.299 e. The van der Waals surface area contributed by atoms with Crippen molar-refractivity contribution >= 4 is 27.5 Å². The van der Waals surface area contributed by atoms with Gasteiger partial charge in [0.2, 0.25) is 0 Å². The molecule has 80 valence electrons. The van der Waals surface area contributed by atoms with Crippen molar-refractivity contribution in [2.24, 2.45) is 0 Å². The Balaban J connectivity index is 2.48. The Kier molecular flexibility index (Phi) is 1.53. The molecule has 17 heavy (non-hydrogen) atoms. The van der Waals surface area contributed by atoms with Gasteiger partial charge in [0.05, 0.1) is 11.0 Å². The molecule has 4 aromatic heterocycles. The van der Waals surface area contributed by atoms with Crippen LogP contribution in [0.2, 0.25) is 0 Å². The molecule has 0 bridgehead atoms. The van der Waals surface area contributed by atoms with Crippen molar-refractivity contribution in [3.8, 4) is 0 Å². The quantitative estimate of drug-likeness (QED) is 0.427. The van der Waals surface area contributed by atoms with Crippen LogP contribution in [0.5, 0.6) is 0 Å². The van der Waals surface area contributed by atoms with E-state index in [-0.39, 0.29) is 0 Å². The summed E-state index contributed by atoms with van der Waals surface area (Å²) in [7, 11) is 0. The van der Waals surface area contributed by atoms with Crippen molar-refractivity contribution < 1.29 is 0 Å². The molecule has 0 aliphatic heterocycles. The number of rotatable bonds is 0. The van der Waals surface area contributed by atoms with Crippen LogP contribution in [0.1, 0.15) is 0 Å². The van der Waals surface area contributed by atoms with Crippen molar-refractivity contribution in [1.29, 1.82) is 0 Å². The predicted molar refractivity (Wildman–Crippen MR) is 65.8 cm³/mol. The Morgan fingerprint density at radius 3 is 3.00 bits per heavy atom. The molecule has 0 saturated heterocycles. The Bertz CT molecular complexity index is 778. The summed E-state index contributed by atoms with van der Waals surface area (Å²) in [4.78, 5) is 12.9. The van der Waals surface area contributed by atoms with Gasteiger partial charge in [-0.3, -0.25) is 9.38 Å². The molecule has 0 amide bonds. The van der Waals surface area contributed by atoms with Crippen LogP contribution in [-0.4, -0.2) is 19.4 Å². The number of nitrogens with zero attached hydrogens (tertiary/aromatic N) is 4. The van der Waals surface area contributed by atoms with E-state index in [0.717, 1.165) is 27.5 Å². The van der Waals surface area contributed by atoms with Gasteiger partial charge in [-0.25, -0.2) is 9.97 Å². The number of aromatic nitrogens is 4. The van der Waals surface area contributed by atoms with E-state index >= 15 is 0 Å². The summed E-state index contributed by atoms with van der Waals surface area (Å²) in [5, 5.41) is 2.12. The second-order valence-electron chi connectivity index (χ2n) is 3.92. The standard InChI is InChI=1S/C13H8N4/c1-3-9-10-7-14-8-16-13(10)17-6-2-4-11(17)12(9)15-5-1/h1-8H. The molecule has 0 radical (unpaired) electrons. The van der Waals surface area contributed by atoms with Crippen LogP contribution in [0.25, 0.3) is 27.5 Å². The SMILES string of the molecule is c1cnc2c(c1)c1cncnc1n1cccc21. The predicted octanol–water partition coefficient (Wildman–Crippen LogP) is 2.43. The van der Waals surface area contributed by atoms with Gasteiger partial charge < -0.3 is 0 Å². The van der Waals surface area contributed by atoms with Crippen molar-refractivity contribution in [1.82, 2.24) is 19.4 Å². The first-order chi connectivity index (χ1) is 8.45. The molecule has 4 rings (SSSR count). The van der Waals surface area contributed by atoms with Crippen LogP contribution in [0.15, 0.2) is 49.2 Å². The van der Waals surface area contributed by atoms with Gasteiger partial charge >= 0.3 is 0 Å². The van der Waals surface area contributed by atoms with Crippen molar-refractivity contribution in [2.45, 2.75) is 0 Å². The minimum absolute atomic E-state index is 0.917. The molecule has 0 spiro atoms. The average molecular weight is 220 g/mol.